The first-order valence-electron chi connectivity index (χ1n) is 9.04. The Morgan fingerprint density at radius 2 is 2.00 bits per heavy atom. The highest BCUT2D eigenvalue weighted by atomic mass is 35.5. The minimum atomic E-state index is -1.28. The van der Waals surface area contributed by atoms with Crippen LogP contribution in [0.25, 0.3) is 11.2 Å². The van der Waals surface area contributed by atoms with E-state index in [0.29, 0.717) is 10.2 Å². The molecule has 1 aliphatic rings. The second-order valence-corrected chi connectivity index (χ2v) is 8.51. The van der Waals surface area contributed by atoms with Gasteiger partial charge < -0.3 is 25.4 Å². The number of aromatic nitrogens is 4. The van der Waals surface area contributed by atoms with Crippen molar-refractivity contribution < 1.29 is 24.5 Å². The average Bonchev–Trinajstić information content (AvgIpc) is 3.21. The predicted octanol–water partition coefficient (Wildman–Crippen LogP) is 2.05. The van der Waals surface area contributed by atoms with Crippen molar-refractivity contribution in [3.8, 4) is 0 Å². The van der Waals surface area contributed by atoms with Gasteiger partial charge in [-0.2, -0.15) is 9.97 Å². The Bertz CT molecular complexity index is 1130. The molecule has 3 heterocycles. The molecular formula is C18H17Cl2N5O5S. The van der Waals surface area contributed by atoms with Crippen LogP contribution in [0.15, 0.2) is 34.3 Å². The van der Waals surface area contributed by atoms with Crippen LogP contribution in [0.1, 0.15) is 13.2 Å². The number of aliphatic hydroxyl groups is 2. The first-order chi connectivity index (χ1) is 14.8. The Morgan fingerprint density at radius 1 is 1.29 bits per heavy atom. The van der Waals surface area contributed by atoms with E-state index >= 15 is 0 Å². The highest BCUT2D eigenvalue weighted by Crippen LogP contribution is 2.40. The van der Waals surface area contributed by atoms with Crippen LogP contribution in [-0.4, -0.2) is 60.6 Å². The summed E-state index contributed by atoms with van der Waals surface area (Å²) in [6, 6.07) is 7.04. The number of nitrogen functional groups attached to an aromatic ring is 1. The van der Waals surface area contributed by atoms with Gasteiger partial charge in [-0.15, -0.1) is 0 Å². The minimum absolute atomic E-state index is 0.0282. The van der Waals surface area contributed by atoms with E-state index in [-0.39, 0.29) is 22.3 Å². The molecule has 0 spiro atoms. The van der Waals surface area contributed by atoms with Gasteiger partial charge in [0.1, 0.15) is 17.7 Å². The number of hydrogen-bond acceptors (Lipinski definition) is 10. The Kier molecular flexibility index (Phi) is 6.24. The van der Waals surface area contributed by atoms with Gasteiger partial charge in [0.05, 0.1) is 6.61 Å². The van der Waals surface area contributed by atoms with E-state index in [0.717, 1.165) is 4.90 Å². The topological polar surface area (TPSA) is 146 Å². The number of carbonyl (C=O) groups excluding carboxylic acids is 1. The average molecular weight is 486 g/mol. The first-order valence-corrected chi connectivity index (χ1v) is 10.6. The Hall–Kier alpha value is -2.15. The van der Waals surface area contributed by atoms with Crippen molar-refractivity contribution in [2.75, 3.05) is 12.3 Å². The molecular weight excluding hydrogens is 469 g/mol. The van der Waals surface area contributed by atoms with E-state index in [2.05, 4.69) is 15.0 Å². The van der Waals surface area contributed by atoms with Gasteiger partial charge in [0.15, 0.2) is 28.3 Å². The van der Waals surface area contributed by atoms with Crippen molar-refractivity contribution in [2.24, 2.45) is 0 Å². The van der Waals surface area contributed by atoms with E-state index in [1.54, 1.807) is 24.3 Å². The zero-order valence-corrected chi connectivity index (χ0v) is 18.3. The van der Waals surface area contributed by atoms with E-state index < -0.39 is 37.1 Å². The fourth-order valence-electron chi connectivity index (χ4n) is 3.24. The van der Waals surface area contributed by atoms with Crippen LogP contribution in [0, 0.1) is 0 Å². The van der Waals surface area contributed by atoms with Gasteiger partial charge in [-0.3, -0.25) is 9.36 Å². The molecule has 4 atom stereocenters. The molecule has 31 heavy (non-hydrogen) atoms. The highest BCUT2D eigenvalue weighted by Gasteiger charge is 2.48. The Balaban J connectivity index is 1.87. The minimum Gasteiger partial charge on any atom is -0.455 e. The molecule has 3 aromatic rings. The maximum atomic E-state index is 11.7. The Labute approximate surface area is 190 Å². The largest absolute Gasteiger partial charge is 0.455 e. The molecule has 0 amide bonds. The number of rotatable bonds is 5. The number of fused-ring (bicyclic) bond motifs is 1. The molecule has 1 aromatic carbocycles. The number of carbonyl (C=O) groups is 1. The summed E-state index contributed by atoms with van der Waals surface area (Å²) in [5.74, 6) is -0.720. The molecule has 1 fully saturated rings. The molecule has 4 N–H and O–H groups in total. The third-order valence-electron chi connectivity index (χ3n) is 4.55. The van der Waals surface area contributed by atoms with E-state index in [9.17, 15) is 15.0 Å². The van der Waals surface area contributed by atoms with Crippen LogP contribution < -0.4 is 5.73 Å². The van der Waals surface area contributed by atoms with Crippen LogP contribution in [0.5, 0.6) is 0 Å². The fourth-order valence-corrected chi connectivity index (χ4v) is 4.49. The third kappa shape index (κ3) is 4.29. The lowest BCUT2D eigenvalue weighted by Crippen LogP contribution is -2.36. The molecule has 0 bridgehead atoms. The summed E-state index contributed by atoms with van der Waals surface area (Å²) in [5.41, 5.74) is 6.26. The van der Waals surface area contributed by atoms with Crippen LogP contribution in [0.3, 0.4) is 0 Å². The lowest BCUT2D eigenvalue weighted by Gasteiger charge is -2.22. The molecule has 2 aromatic heterocycles. The summed E-state index contributed by atoms with van der Waals surface area (Å²) in [6.07, 6.45) is -4.46. The number of nitrogens with zero attached hydrogens (tertiary/aromatic N) is 4. The van der Waals surface area contributed by atoms with Crippen molar-refractivity contribution in [3.63, 3.8) is 0 Å². The summed E-state index contributed by atoms with van der Waals surface area (Å²) in [7, 11) is 0. The summed E-state index contributed by atoms with van der Waals surface area (Å²) in [6.45, 7) is 0.724. The number of halogens is 2. The molecule has 1 saturated heterocycles. The lowest BCUT2D eigenvalue weighted by atomic mass is 10.1. The third-order valence-corrected chi connectivity index (χ3v) is 6.05. The number of hydrogen-bond donors (Lipinski definition) is 3. The quantitative estimate of drug-likeness (QED) is 0.362. The van der Waals surface area contributed by atoms with Crippen LogP contribution in [0.4, 0.5) is 5.95 Å². The number of nitrogens with two attached hydrogens (primary N) is 1. The zero-order chi connectivity index (χ0) is 22.3. The van der Waals surface area contributed by atoms with Gasteiger partial charge >= 0.3 is 5.97 Å². The normalized spacial score (nSPS) is 23.4. The van der Waals surface area contributed by atoms with Gasteiger partial charge in [0, 0.05) is 16.8 Å². The standard InChI is InChI=1S/C18H17Cl2N5O5S/c1-7(27)29-13-12(28)10(6-26)30-16(13)25-15-11(14(20)23-17(21)24-15)22-18(25)31-9-4-2-8(19)3-5-9/h2-5,10,12-13,16,26,28H,6H2,1H3,(H2,21,23,24)/t10-,12-,13-,16-/m1/s1. The van der Waals surface area contributed by atoms with Gasteiger partial charge in [-0.05, 0) is 24.3 Å². The van der Waals surface area contributed by atoms with Crippen molar-refractivity contribution in [1.29, 1.82) is 0 Å². The number of anilines is 1. The van der Waals surface area contributed by atoms with Crippen molar-refractivity contribution >= 4 is 58.0 Å². The van der Waals surface area contributed by atoms with Gasteiger partial charge in [-0.25, -0.2) is 4.98 Å². The maximum Gasteiger partial charge on any atom is 0.303 e. The predicted molar refractivity (Wildman–Crippen MR) is 113 cm³/mol. The van der Waals surface area contributed by atoms with Crippen molar-refractivity contribution in [2.45, 2.75) is 41.5 Å². The van der Waals surface area contributed by atoms with Crippen molar-refractivity contribution in [3.05, 3.63) is 34.4 Å². The number of aliphatic hydroxyl groups excluding tert-OH is 2. The number of benzene rings is 1. The summed E-state index contributed by atoms with van der Waals surface area (Å²) >= 11 is 13.4. The SMILES string of the molecule is CC(=O)O[C@@H]1[C@H](O)[C@@H](CO)O[C@H]1n1c(Sc2ccc(Cl)cc2)nc2c(Cl)nc(N)nc21. The smallest absolute Gasteiger partial charge is 0.303 e. The van der Waals surface area contributed by atoms with Crippen LogP contribution in [-0.2, 0) is 14.3 Å². The fraction of sp³-hybridized carbons (Fsp3) is 0.333. The van der Waals surface area contributed by atoms with Crippen LogP contribution >= 0.6 is 35.0 Å². The summed E-state index contributed by atoms with van der Waals surface area (Å²) in [4.78, 5) is 25.1. The van der Waals surface area contributed by atoms with Gasteiger partial charge in [-0.1, -0.05) is 35.0 Å². The molecule has 4 rings (SSSR count). The lowest BCUT2D eigenvalue weighted by molar-refractivity contribution is -0.156. The summed E-state index contributed by atoms with van der Waals surface area (Å²) < 4.78 is 12.7. The summed E-state index contributed by atoms with van der Waals surface area (Å²) in [5, 5.41) is 21.1. The molecule has 1 aliphatic heterocycles. The Morgan fingerprint density at radius 3 is 2.65 bits per heavy atom. The van der Waals surface area contributed by atoms with E-state index in [4.69, 9.17) is 38.4 Å². The zero-order valence-electron chi connectivity index (χ0n) is 16.0. The second kappa shape index (κ2) is 8.77. The molecule has 0 saturated carbocycles. The molecule has 13 heteroatoms. The number of imidazole rings is 1. The van der Waals surface area contributed by atoms with Crippen molar-refractivity contribution in [1.82, 2.24) is 19.5 Å². The van der Waals surface area contributed by atoms with Gasteiger partial charge in [0.2, 0.25) is 5.95 Å². The molecule has 0 unspecified atom stereocenters. The number of ether oxygens (including phenoxy) is 2. The number of esters is 1. The maximum absolute atomic E-state index is 11.7. The van der Waals surface area contributed by atoms with E-state index in [1.807, 2.05) is 0 Å². The van der Waals surface area contributed by atoms with Gasteiger partial charge in [0.25, 0.3) is 0 Å². The molecule has 0 radical (unpaired) electrons. The monoisotopic (exact) mass is 485 g/mol. The first kappa shape index (κ1) is 22.1. The molecule has 164 valence electrons. The highest BCUT2D eigenvalue weighted by molar-refractivity contribution is 7.99. The molecule has 10 nitrogen and oxygen atoms in total. The second-order valence-electron chi connectivity index (χ2n) is 6.68. The van der Waals surface area contributed by atoms with Crippen LogP contribution in [0.2, 0.25) is 10.2 Å². The van der Waals surface area contributed by atoms with E-state index in [1.165, 1.54) is 23.3 Å². The molecule has 0 aliphatic carbocycles.